The summed E-state index contributed by atoms with van der Waals surface area (Å²) in [6.45, 7) is 5.54. The molecule has 4 heteroatoms. The summed E-state index contributed by atoms with van der Waals surface area (Å²) >= 11 is 0. The molecule has 0 aromatic carbocycles. The van der Waals surface area contributed by atoms with Crippen molar-refractivity contribution in [3.05, 3.63) is 0 Å². The van der Waals surface area contributed by atoms with E-state index < -0.39 is 9.84 Å². The van der Waals surface area contributed by atoms with Gasteiger partial charge in [-0.2, -0.15) is 0 Å². The number of rotatable bonds is 9. The maximum atomic E-state index is 11.7. The zero-order chi connectivity index (χ0) is 15.0. The van der Waals surface area contributed by atoms with Crippen molar-refractivity contribution in [3.8, 4) is 0 Å². The van der Waals surface area contributed by atoms with Crippen molar-refractivity contribution < 1.29 is 8.42 Å². The number of hydrogen-bond donors (Lipinski definition) is 1. The minimum absolute atomic E-state index is 0.0746. The van der Waals surface area contributed by atoms with Gasteiger partial charge in [0.1, 0.15) is 9.84 Å². The maximum Gasteiger partial charge on any atom is 0.150 e. The molecule has 1 rings (SSSR count). The molecule has 20 heavy (non-hydrogen) atoms. The molecule has 0 aromatic heterocycles. The van der Waals surface area contributed by atoms with Crippen LogP contribution in [-0.2, 0) is 9.84 Å². The molecule has 1 fully saturated rings. The Morgan fingerprint density at radius 1 is 1.15 bits per heavy atom. The van der Waals surface area contributed by atoms with Gasteiger partial charge in [0.05, 0.1) is 5.25 Å². The Hall–Kier alpha value is -0.0900. The summed E-state index contributed by atoms with van der Waals surface area (Å²) in [5.74, 6) is 0.617. The van der Waals surface area contributed by atoms with Gasteiger partial charge < -0.3 is 5.32 Å². The molecule has 0 spiro atoms. The molecule has 3 atom stereocenters. The van der Waals surface area contributed by atoms with Crippen LogP contribution in [0.1, 0.15) is 71.6 Å². The molecule has 1 aliphatic carbocycles. The summed E-state index contributed by atoms with van der Waals surface area (Å²) < 4.78 is 23.4. The highest BCUT2D eigenvalue weighted by Crippen LogP contribution is 2.31. The summed E-state index contributed by atoms with van der Waals surface area (Å²) in [7, 11) is -2.84. The van der Waals surface area contributed by atoms with Crippen molar-refractivity contribution in [1.82, 2.24) is 5.32 Å². The number of nitrogens with one attached hydrogen (secondary N) is 1. The molecule has 0 bridgehead atoms. The van der Waals surface area contributed by atoms with Crippen molar-refractivity contribution >= 4 is 9.84 Å². The highest BCUT2D eigenvalue weighted by atomic mass is 32.2. The molecule has 1 N–H and O–H groups in total. The first-order chi connectivity index (χ1) is 9.47. The Morgan fingerprint density at radius 2 is 1.90 bits per heavy atom. The van der Waals surface area contributed by atoms with E-state index in [2.05, 4.69) is 19.2 Å². The molecule has 120 valence electrons. The summed E-state index contributed by atoms with van der Waals surface area (Å²) in [5, 5.41) is 3.56. The van der Waals surface area contributed by atoms with Crippen LogP contribution in [0.4, 0.5) is 0 Å². The monoisotopic (exact) mass is 303 g/mol. The second-order valence-corrected chi connectivity index (χ2v) is 8.83. The van der Waals surface area contributed by atoms with E-state index in [-0.39, 0.29) is 5.25 Å². The first kappa shape index (κ1) is 18.0. The Bertz CT molecular complexity index is 353. The Balaban J connectivity index is 2.38. The van der Waals surface area contributed by atoms with Crippen molar-refractivity contribution in [2.45, 2.75) is 82.9 Å². The Morgan fingerprint density at radius 3 is 2.50 bits per heavy atom. The fourth-order valence-electron chi connectivity index (χ4n) is 3.38. The quantitative estimate of drug-likeness (QED) is 0.708. The lowest BCUT2D eigenvalue weighted by Gasteiger charge is -2.29. The maximum absolute atomic E-state index is 11.7. The van der Waals surface area contributed by atoms with E-state index in [0.717, 1.165) is 25.8 Å². The van der Waals surface area contributed by atoms with E-state index in [0.29, 0.717) is 12.0 Å². The smallest absolute Gasteiger partial charge is 0.150 e. The van der Waals surface area contributed by atoms with Gasteiger partial charge in [-0.15, -0.1) is 0 Å². The Labute approximate surface area is 125 Å². The SMILES string of the molecule is CCCNC(CCC)CCC1CCCC(S(C)(=O)=O)C1. The lowest BCUT2D eigenvalue weighted by molar-refractivity contribution is 0.308. The molecule has 0 amide bonds. The lowest BCUT2D eigenvalue weighted by atomic mass is 9.84. The zero-order valence-corrected chi connectivity index (χ0v) is 14.3. The number of sulfone groups is 1. The summed E-state index contributed by atoms with van der Waals surface area (Å²) in [4.78, 5) is 0. The average molecular weight is 304 g/mol. The van der Waals surface area contributed by atoms with Crippen LogP contribution in [0.5, 0.6) is 0 Å². The van der Waals surface area contributed by atoms with E-state index in [1.807, 2.05) is 0 Å². The molecule has 0 heterocycles. The fraction of sp³-hybridized carbons (Fsp3) is 1.00. The standard InChI is InChI=1S/C16H33NO2S/c1-4-7-15(17-12-5-2)11-10-14-8-6-9-16(13-14)20(3,18)19/h14-17H,4-13H2,1-3H3. The summed E-state index contributed by atoms with van der Waals surface area (Å²) in [6.07, 6.45) is 11.5. The van der Waals surface area contributed by atoms with Gasteiger partial charge >= 0.3 is 0 Å². The predicted octanol–water partition coefficient (Wildman–Crippen LogP) is 3.54. The van der Waals surface area contributed by atoms with E-state index in [1.165, 1.54) is 44.8 Å². The molecule has 0 aromatic rings. The summed E-state index contributed by atoms with van der Waals surface area (Å²) in [6, 6.07) is 0.624. The van der Waals surface area contributed by atoms with Crippen LogP contribution in [0, 0.1) is 5.92 Å². The largest absolute Gasteiger partial charge is 0.314 e. The second kappa shape index (κ2) is 9.04. The third-order valence-corrected chi connectivity index (χ3v) is 6.22. The van der Waals surface area contributed by atoms with Crippen LogP contribution in [0.15, 0.2) is 0 Å². The minimum atomic E-state index is -2.84. The van der Waals surface area contributed by atoms with E-state index >= 15 is 0 Å². The third kappa shape index (κ3) is 6.57. The highest BCUT2D eigenvalue weighted by Gasteiger charge is 2.28. The zero-order valence-electron chi connectivity index (χ0n) is 13.5. The first-order valence-corrected chi connectivity index (χ1v) is 10.3. The number of hydrogen-bond acceptors (Lipinski definition) is 3. The van der Waals surface area contributed by atoms with Gasteiger partial charge in [-0.3, -0.25) is 0 Å². The van der Waals surface area contributed by atoms with Crippen molar-refractivity contribution in [3.63, 3.8) is 0 Å². The Kier molecular flexibility index (Phi) is 8.11. The van der Waals surface area contributed by atoms with Crippen LogP contribution < -0.4 is 5.32 Å². The van der Waals surface area contributed by atoms with Gasteiger partial charge in [0, 0.05) is 12.3 Å². The topological polar surface area (TPSA) is 46.2 Å². The predicted molar refractivity (Wildman–Crippen MR) is 86.8 cm³/mol. The van der Waals surface area contributed by atoms with Crippen LogP contribution >= 0.6 is 0 Å². The van der Waals surface area contributed by atoms with E-state index in [4.69, 9.17) is 0 Å². The molecule has 0 saturated heterocycles. The van der Waals surface area contributed by atoms with E-state index in [9.17, 15) is 8.42 Å². The van der Waals surface area contributed by atoms with Crippen molar-refractivity contribution in [2.24, 2.45) is 5.92 Å². The van der Waals surface area contributed by atoms with Gasteiger partial charge in [-0.05, 0) is 51.0 Å². The van der Waals surface area contributed by atoms with Crippen LogP contribution in [0.2, 0.25) is 0 Å². The van der Waals surface area contributed by atoms with Crippen LogP contribution in [0.3, 0.4) is 0 Å². The van der Waals surface area contributed by atoms with Crippen molar-refractivity contribution in [2.75, 3.05) is 12.8 Å². The van der Waals surface area contributed by atoms with Gasteiger partial charge in [-0.1, -0.05) is 33.1 Å². The van der Waals surface area contributed by atoms with Gasteiger partial charge in [0.2, 0.25) is 0 Å². The molecule has 3 nitrogen and oxygen atoms in total. The van der Waals surface area contributed by atoms with Crippen molar-refractivity contribution in [1.29, 1.82) is 0 Å². The second-order valence-electron chi connectivity index (χ2n) is 6.50. The third-order valence-electron chi connectivity index (χ3n) is 4.58. The van der Waals surface area contributed by atoms with Gasteiger partial charge in [0.25, 0.3) is 0 Å². The molecular formula is C16H33NO2S. The van der Waals surface area contributed by atoms with Crippen LogP contribution in [0.25, 0.3) is 0 Å². The van der Waals surface area contributed by atoms with Gasteiger partial charge in [-0.25, -0.2) is 8.42 Å². The normalized spacial score (nSPS) is 25.6. The fourth-order valence-corrected chi connectivity index (χ4v) is 4.59. The molecule has 3 unspecified atom stereocenters. The first-order valence-electron chi connectivity index (χ1n) is 8.39. The lowest BCUT2D eigenvalue weighted by Crippen LogP contribution is -2.32. The van der Waals surface area contributed by atoms with E-state index in [1.54, 1.807) is 0 Å². The molecule has 0 radical (unpaired) electrons. The molecular weight excluding hydrogens is 270 g/mol. The molecule has 1 saturated carbocycles. The van der Waals surface area contributed by atoms with Gasteiger partial charge in [0.15, 0.2) is 0 Å². The molecule has 1 aliphatic rings. The average Bonchev–Trinajstić information content (AvgIpc) is 2.41. The van der Waals surface area contributed by atoms with Crippen LogP contribution in [-0.4, -0.2) is 32.5 Å². The minimum Gasteiger partial charge on any atom is -0.314 e. The molecule has 0 aliphatic heterocycles. The highest BCUT2D eigenvalue weighted by molar-refractivity contribution is 7.91. The summed E-state index contributed by atoms with van der Waals surface area (Å²) in [5.41, 5.74) is 0.